The van der Waals surface area contributed by atoms with E-state index < -0.39 is 0 Å². The number of hydrogen-bond acceptors (Lipinski definition) is 2. The molecule has 0 amide bonds. The molecule has 0 spiro atoms. The van der Waals surface area contributed by atoms with Crippen molar-refractivity contribution in [1.29, 1.82) is 0 Å². The highest BCUT2D eigenvalue weighted by Crippen LogP contribution is 2.42. The molecule has 4 rings (SSSR count). The summed E-state index contributed by atoms with van der Waals surface area (Å²) in [6.45, 7) is 0.450. The molecule has 2 N–H and O–H groups in total. The van der Waals surface area contributed by atoms with Gasteiger partial charge in [0.15, 0.2) is 0 Å². The molecule has 1 unspecified atom stereocenters. The maximum atomic E-state index is 14.4. The van der Waals surface area contributed by atoms with Crippen molar-refractivity contribution < 1.29 is 9.13 Å². The molecule has 1 heterocycles. The van der Waals surface area contributed by atoms with Crippen LogP contribution in [0.5, 0.6) is 5.75 Å². The van der Waals surface area contributed by atoms with Crippen molar-refractivity contribution in [3.8, 4) is 28.0 Å². The minimum atomic E-state index is -0.246. The van der Waals surface area contributed by atoms with Gasteiger partial charge in [0.1, 0.15) is 17.7 Å². The highest BCUT2D eigenvalue weighted by atomic mass is 19.1. The van der Waals surface area contributed by atoms with Gasteiger partial charge in [-0.25, -0.2) is 4.39 Å². The van der Waals surface area contributed by atoms with Gasteiger partial charge >= 0.3 is 0 Å². The van der Waals surface area contributed by atoms with Crippen molar-refractivity contribution in [2.45, 2.75) is 12.5 Å². The van der Waals surface area contributed by atoms with E-state index in [1.807, 2.05) is 30.3 Å². The van der Waals surface area contributed by atoms with Crippen LogP contribution in [0.15, 0.2) is 66.7 Å². The predicted molar refractivity (Wildman–Crippen MR) is 94.4 cm³/mol. The van der Waals surface area contributed by atoms with E-state index in [1.54, 1.807) is 12.1 Å². The van der Waals surface area contributed by atoms with Gasteiger partial charge in [0.25, 0.3) is 0 Å². The molecule has 24 heavy (non-hydrogen) atoms. The van der Waals surface area contributed by atoms with Crippen LogP contribution in [-0.2, 0) is 6.42 Å². The summed E-state index contributed by atoms with van der Waals surface area (Å²) in [6, 6.07) is 21.1. The van der Waals surface area contributed by atoms with E-state index in [0.29, 0.717) is 12.1 Å². The molecule has 1 aliphatic heterocycles. The van der Waals surface area contributed by atoms with Crippen LogP contribution in [0.3, 0.4) is 0 Å². The lowest BCUT2D eigenvalue weighted by Crippen LogP contribution is -2.24. The number of fused-ring (bicyclic) bond motifs is 1. The largest absolute Gasteiger partial charge is 0.488 e. The van der Waals surface area contributed by atoms with Crippen LogP contribution in [0.25, 0.3) is 22.3 Å². The van der Waals surface area contributed by atoms with Gasteiger partial charge in [0.2, 0.25) is 0 Å². The van der Waals surface area contributed by atoms with E-state index in [9.17, 15) is 4.39 Å². The molecule has 3 aromatic carbocycles. The standard InChI is InChI=1S/C21H18FNO/c22-20-9-5-4-8-18(20)19-12-15(14-6-2-1-3-7-14)10-16-11-17(13-23)24-21(16)19/h1-10,12,17H,11,13,23H2. The Hall–Kier alpha value is -2.65. The number of hydrogen-bond donors (Lipinski definition) is 1. The molecular formula is C21H18FNO. The van der Waals surface area contributed by atoms with Gasteiger partial charge in [0.05, 0.1) is 0 Å². The maximum absolute atomic E-state index is 14.4. The summed E-state index contributed by atoms with van der Waals surface area (Å²) in [5, 5.41) is 0. The molecule has 1 aliphatic rings. The normalized spacial score (nSPS) is 15.8. The fourth-order valence-electron chi connectivity index (χ4n) is 3.24. The van der Waals surface area contributed by atoms with Crippen LogP contribution in [0.4, 0.5) is 4.39 Å². The lowest BCUT2D eigenvalue weighted by atomic mass is 9.94. The quantitative estimate of drug-likeness (QED) is 0.775. The molecule has 2 nitrogen and oxygen atoms in total. The van der Waals surface area contributed by atoms with E-state index in [4.69, 9.17) is 10.5 Å². The topological polar surface area (TPSA) is 35.2 Å². The molecule has 3 heteroatoms. The zero-order valence-electron chi connectivity index (χ0n) is 13.2. The molecule has 3 aromatic rings. The van der Waals surface area contributed by atoms with Crippen molar-refractivity contribution >= 4 is 0 Å². The molecule has 0 saturated carbocycles. The second-order valence-corrected chi connectivity index (χ2v) is 6.04. The number of benzene rings is 3. The number of halogens is 1. The molecule has 0 radical (unpaired) electrons. The van der Waals surface area contributed by atoms with E-state index >= 15 is 0 Å². The molecule has 0 aromatic heterocycles. The van der Waals surface area contributed by atoms with Gasteiger partial charge in [-0.15, -0.1) is 0 Å². The lowest BCUT2D eigenvalue weighted by Gasteiger charge is -2.13. The van der Waals surface area contributed by atoms with Crippen molar-refractivity contribution in [3.63, 3.8) is 0 Å². The smallest absolute Gasteiger partial charge is 0.131 e. The second kappa shape index (κ2) is 6.10. The van der Waals surface area contributed by atoms with Crippen molar-refractivity contribution in [2.24, 2.45) is 5.73 Å². The van der Waals surface area contributed by atoms with Gasteiger partial charge < -0.3 is 10.5 Å². The first-order valence-corrected chi connectivity index (χ1v) is 8.10. The Labute approximate surface area is 140 Å². The Morgan fingerprint density at radius 3 is 2.42 bits per heavy atom. The van der Waals surface area contributed by atoms with E-state index in [2.05, 4.69) is 18.2 Å². The van der Waals surface area contributed by atoms with Crippen LogP contribution >= 0.6 is 0 Å². The molecule has 0 aliphatic carbocycles. The highest BCUT2D eigenvalue weighted by Gasteiger charge is 2.26. The number of rotatable bonds is 3. The van der Waals surface area contributed by atoms with E-state index in [-0.39, 0.29) is 11.9 Å². The first kappa shape index (κ1) is 14.9. The first-order chi connectivity index (χ1) is 11.8. The molecule has 1 atom stereocenters. The van der Waals surface area contributed by atoms with E-state index in [0.717, 1.165) is 34.4 Å². The molecule has 0 bridgehead atoms. The molecule has 0 fully saturated rings. The SMILES string of the molecule is NCC1Cc2cc(-c3ccccc3)cc(-c3ccccc3F)c2O1. The minimum absolute atomic E-state index is 0.0449. The fourth-order valence-corrected chi connectivity index (χ4v) is 3.24. The summed E-state index contributed by atoms with van der Waals surface area (Å²) in [5.74, 6) is 0.514. The van der Waals surface area contributed by atoms with Crippen molar-refractivity contribution in [3.05, 3.63) is 78.1 Å². The van der Waals surface area contributed by atoms with Gasteiger partial charge in [-0.1, -0.05) is 48.5 Å². The van der Waals surface area contributed by atoms with Gasteiger partial charge in [-0.2, -0.15) is 0 Å². The molecule has 120 valence electrons. The Kier molecular flexibility index (Phi) is 3.79. The zero-order valence-corrected chi connectivity index (χ0v) is 13.2. The van der Waals surface area contributed by atoms with Gasteiger partial charge in [-0.3, -0.25) is 0 Å². The summed E-state index contributed by atoms with van der Waals surface area (Å²) in [5.41, 5.74) is 10.4. The summed E-state index contributed by atoms with van der Waals surface area (Å²) in [7, 11) is 0. The van der Waals surface area contributed by atoms with Crippen LogP contribution in [0.1, 0.15) is 5.56 Å². The van der Waals surface area contributed by atoms with Crippen LogP contribution in [0, 0.1) is 5.82 Å². The Morgan fingerprint density at radius 1 is 0.917 bits per heavy atom. The number of nitrogens with two attached hydrogens (primary N) is 1. The van der Waals surface area contributed by atoms with Crippen LogP contribution in [-0.4, -0.2) is 12.6 Å². The Bertz CT molecular complexity index is 876. The average Bonchev–Trinajstić information content (AvgIpc) is 3.05. The van der Waals surface area contributed by atoms with Crippen LogP contribution < -0.4 is 10.5 Å². The average molecular weight is 319 g/mol. The third kappa shape index (κ3) is 2.57. The predicted octanol–water partition coefficient (Wildman–Crippen LogP) is 4.42. The molecular weight excluding hydrogens is 301 g/mol. The lowest BCUT2D eigenvalue weighted by molar-refractivity contribution is 0.242. The third-order valence-corrected chi connectivity index (χ3v) is 4.43. The van der Waals surface area contributed by atoms with Gasteiger partial charge in [-0.05, 0) is 34.9 Å². The maximum Gasteiger partial charge on any atom is 0.131 e. The Balaban J connectivity index is 1.92. The molecule has 0 saturated heterocycles. The highest BCUT2D eigenvalue weighted by molar-refractivity contribution is 5.80. The van der Waals surface area contributed by atoms with Gasteiger partial charge in [0, 0.05) is 24.1 Å². The summed E-state index contributed by atoms with van der Waals surface area (Å²) in [4.78, 5) is 0. The number of ether oxygens (including phenoxy) is 1. The minimum Gasteiger partial charge on any atom is -0.488 e. The first-order valence-electron chi connectivity index (χ1n) is 8.10. The van der Waals surface area contributed by atoms with Crippen molar-refractivity contribution in [2.75, 3.05) is 6.54 Å². The monoisotopic (exact) mass is 319 g/mol. The second-order valence-electron chi connectivity index (χ2n) is 6.04. The fraction of sp³-hybridized carbons (Fsp3) is 0.143. The van der Waals surface area contributed by atoms with E-state index in [1.165, 1.54) is 6.07 Å². The van der Waals surface area contributed by atoms with Crippen molar-refractivity contribution in [1.82, 2.24) is 0 Å². The zero-order chi connectivity index (χ0) is 16.5. The Morgan fingerprint density at radius 2 is 1.67 bits per heavy atom. The third-order valence-electron chi connectivity index (χ3n) is 4.43. The summed E-state index contributed by atoms with van der Waals surface area (Å²) in [6.07, 6.45) is 0.713. The van der Waals surface area contributed by atoms with Crippen LogP contribution in [0.2, 0.25) is 0 Å². The summed E-state index contributed by atoms with van der Waals surface area (Å²) < 4.78 is 20.4. The summed E-state index contributed by atoms with van der Waals surface area (Å²) >= 11 is 0.